The Kier molecular flexibility index (Phi) is 4.80. The molecule has 0 amide bonds. The first kappa shape index (κ1) is 14.7. The Labute approximate surface area is 121 Å². The van der Waals surface area contributed by atoms with Gasteiger partial charge in [-0.3, -0.25) is 0 Å². The fraction of sp³-hybridized carbons (Fsp3) is 0.625. The van der Waals surface area contributed by atoms with Crippen molar-refractivity contribution in [3.8, 4) is 0 Å². The predicted molar refractivity (Wildman–Crippen MR) is 85.8 cm³/mol. The summed E-state index contributed by atoms with van der Waals surface area (Å²) < 4.78 is 0.248. The maximum atomic E-state index is 5.82. The molecule has 106 valence electrons. The van der Waals surface area contributed by atoms with Crippen molar-refractivity contribution >= 4 is 17.4 Å². The molecule has 2 rings (SSSR count). The largest absolute Gasteiger partial charge is 0.399 e. The average Bonchev–Trinajstić information content (AvgIpc) is 2.33. The molecule has 1 aromatic rings. The van der Waals surface area contributed by atoms with Crippen molar-refractivity contribution in [1.29, 1.82) is 0 Å². The molecule has 0 atom stereocenters. The summed E-state index contributed by atoms with van der Waals surface area (Å²) >= 11 is 1.98. The molecule has 1 aliphatic heterocycles. The highest BCUT2D eigenvalue weighted by molar-refractivity contribution is 8.00. The van der Waals surface area contributed by atoms with Crippen LogP contribution < -0.4 is 5.73 Å². The lowest BCUT2D eigenvalue weighted by Gasteiger charge is -2.34. The minimum atomic E-state index is 0.248. The van der Waals surface area contributed by atoms with E-state index in [0.29, 0.717) is 0 Å². The lowest BCUT2D eigenvalue weighted by atomic mass is 10.1. The fourth-order valence-electron chi connectivity index (χ4n) is 2.77. The molecule has 1 heterocycles. The first-order chi connectivity index (χ1) is 8.96. The van der Waals surface area contributed by atoms with E-state index in [9.17, 15) is 0 Å². The van der Waals surface area contributed by atoms with E-state index in [1.54, 1.807) is 0 Å². The molecule has 0 aliphatic carbocycles. The summed E-state index contributed by atoms with van der Waals surface area (Å²) in [4.78, 5) is 3.97. The maximum absolute atomic E-state index is 5.82. The topological polar surface area (TPSA) is 29.3 Å². The van der Waals surface area contributed by atoms with Gasteiger partial charge in [-0.15, -0.1) is 11.8 Å². The van der Waals surface area contributed by atoms with E-state index in [1.807, 2.05) is 17.8 Å². The van der Waals surface area contributed by atoms with Crippen molar-refractivity contribution in [2.75, 3.05) is 25.4 Å². The van der Waals surface area contributed by atoms with E-state index in [1.165, 1.54) is 49.4 Å². The molecule has 19 heavy (non-hydrogen) atoms. The van der Waals surface area contributed by atoms with E-state index < -0.39 is 0 Å². The summed E-state index contributed by atoms with van der Waals surface area (Å²) in [5.74, 6) is 0. The van der Waals surface area contributed by atoms with Crippen LogP contribution in [0.2, 0.25) is 0 Å². The van der Waals surface area contributed by atoms with Gasteiger partial charge in [0.05, 0.1) is 0 Å². The van der Waals surface area contributed by atoms with Gasteiger partial charge in [-0.2, -0.15) is 0 Å². The lowest BCUT2D eigenvalue weighted by Crippen LogP contribution is -2.39. The first-order valence-electron chi connectivity index (χ1n) is 7.24. The number of anilines is 1. The van der Waals surface area contributed by atoms with Crippen LogP contribution >= 0.6 is 11.8 Å². The van der Waals surface area contributed by atoms with Gasteiger partial charge in [-0.25, -0.2) is 0 Å². The number of rotatable bonds is 4. The van der Waals surface area contributed by atoms with Gasteiger partial charge < -0.3 is 10.6 Å². The Morgan fingerprint density at radius 3 is 2.53 bits per heavy atom. The molecule has 2 nitrogen and oxygen atoms in total. The van der Waals surface area contributed by atoms with Crippen molar-refractivity contribution in [3.05, 3.63) is 23.8 Å². The molecular formula is C16H26N2S. The molecule has 2 N–H and O–H groups in total. The molecule has 3 heteroatoms. The smallest absolute Gasteiger partial charge is 0.0317 e. The van der Waals surface area contributed by atoms with Gasteiger partial charge in [0, 0.05) is 21.9 Å². The second kappa shape index (κ2) is 6.19. The van der Waals surface area contributed by atoms with Crippen molar-refractivity contribution in [1.82, 2.24) is 4.90 Å². The van der Waals surface area contributed by atoms with Gasteiger partial charge in [0.2, 0.25) is 0 Å². The molecule has 1 aliphatic rings. The van der Waals surface area contributed by atoms with Gasteiger partial charge >= 0.3 is 0 Å². The van der Waals surface area contributed by atoms with Gasteiger partial charge in [-0.05, 0) is 70.5 Å². The van der Waals surface area contributed by atoms with Crippen LogP contribution in [-0.2, 0) is 0 Å². The number of nitrogens with two attached hydrogens (primary N) is 1. The summed E-state index contributed by atoms with van der Waals surface area (Å²) in [6.45, 7) is 10.6. The quantitative estimate of drug-likeness (QED) is 0.668. The third-order valence-electron chi connectivity index (χ3n) is 3.64. The first-order valence-corrected chi connectivity index (χ1v) is 8.05. The molecule has 0 saturated carbocycles. The summed E-state index contributed by atoms with van der Waals surface area (Å²) in [5.41, 5.74) is 7.97. The molecule has 1 saturated heterocycles. The van der Waals surface area contributed by atoms with Crippen molar-refractivity contribution in [3.63, 3.8) is 0 Å². The highest BCUT2D eigenvalue weighted by Crippen LogP contribution is 2.36. The monoisotopic (exact) mass is 278 g/mol. The van der Waals surface area contributed by atoms with Gasteiger partial charge in [0.25, 0.3) is 0 Å². The summed E-state index contributed by atoms with van der Waals surface area (Å²) in [5, 5.41) is 0. The van der Waals surface area contributed by atoms with Crippen LogP contribution in [0.3, 0.4) is 0 Å². The summed E-state index contributed by atoms with van der Waals surface area (Å²) in [6.07, 6.45) is 4.13. The van der Waals surface area contributed by atoms with Crippen LogP contribution in [0.1, 0.15) is 38.7 Å². The van der Waals surface area contributed by atoms with E-state index in [4.69, 9.17) is 5.73 Å². The van der Waals surface area contributed by atoms with Gasteiger partial charge in [0.1, 0.15) is 0 Å². The second-order valence-corrected chi connectivity index (χ2v) is 7.97. The number of hydrogen-bond acceptors (Lipinski definition) is 3. The number of benzene rings is 1. The van der Waals surface area contributed by atoms with E-state index in [-0.39, 0.29) is 4.75 Å². The van der Waals surface area contributed by atoms with Crippen LogP contribution in [-0.4, -0.2) is 29.3 Å². The van der Waals surface area contributed by atoms with Crippen LogP contribution in [0.4, 0.5) is 5.69 Å². The highest BCUT2D eigenvalue weighted by Gasteiger charge is 2.24. The van der Waals surface area contributed by atoms with Gasteiger partial charge in [0.15, 0.2) is 0 Å². The molecule has 0 aromatic heterocycles. The van der Waals surface area contributed by atoms with E-state index in [2.05, 4.69) is 37.8 Å². The molecule has 0 unspecified atom stereocenters. The zero-order valence-corrected chi connectivity index (χ0v) is 13.2. The minimum Gasteiger partial charge on any atom is -0.399 e. The van der Waals surface area contributed by atoms with Crippen molar-refractivity contribution < 1.29 is 0 Å². The van der Waals surface area contributed by atoms with Crippen LogP contribution in [0.25, 0.3) is 0 Å². The minimum absolute atomic E-state index is 0.248. The third-order valence-corrected chi connectivity index (χ3v) is 5.00. The number of nitrogens with zero attached hydrogens (tertiary/aromatic N) is 1. The van der Waals surface area contributed by atoms with Crippen molar-refractivity contribution in [2.45, 2.75) is 49.7 Å². The number of piperidine rings is 1. The maximum Gasteiger partial charge on any atom is 0.0317 e. The van der Waals surface area contributed by atoms with Crippen LogP contribution in [0, 0.1) is 6.92 Å². The Hall–Kier alpha value is -0.670. The fourth-order valence-corrected chi connectivity index (χ4v) is 3.97. The zero-order chi connectivity index (χ0) is 13.9. The lowest BCUT2D eigenvalue weighted by molar-refractivity contribution is 0.215. The van der Waals surface area contributed by atoms with Crippen LogP contribution in [0.5, 0.6) is 0 Å². The van der Waals surface area contributed by atoms with E-state index >= 15 is 0 Å². The molecular weight excluding hydrogens is 252 g/mol. The van der Waals surface area contributed by atoms with Gasteiger partial charge in [-0.1, -0.05) is 6.42 Å². The Morgan fingerprint density at radius 2 is 1.89 bits per heavy atom. The predicted octanol–water partition coefficient (Wildman–Crippen LogP) is 3.93. The number of aryl methyl sites for hydroxylation is 1. The Balaban J connectivity index is 1.99. The molecule has 0 spiro atoms. The standard InChI is InChI=1S/C16H26N2S/c1-13-11-14(17)7-8-15(13)19-16(2,3)12-18-9-5-4-6-10-18/h7-8,11H,4-6,9-10,12,17H2,1-3H3. The molecule has 1 aromatic carbocycles. The molecule has 0 radical (unpaired) electrons. The Bertz CT molecular complexity index is 423. The number of thioether (sulfide) groups is 1. The number of likely N-dealkylation sites (tertiary alicyclic amines) is 1. The molecule has 1 fully saturated rings. The van der Waals surface area contributed by atoms with E-state index in [0.717, 1.165) is 5.69 Å². The average molecular weight is 278 g/mol. The number of hydrogen-bond donors (Lipinski definition) is 1. The zero-order valence-electron chi connectivity index (χ0n) is 12.4. The molecule has 0 bridgehead atoms. The normalized spacial score (nSPS) is 17.6. The highest BCUT2D eigenvalue weighted by atomic mass is 32.2. The SMILES string of the molecule is Cc1cc(N)ccc1SC(C)(C)CN1CCCCC1. The van der Waals surface area contributed by atoms with Crippen molar-refractivity contribution in [2.24, 2.45) is 0 Å². The third kappa shape index (κ3) is 4.43. The number of nitrogen functional groups attached to an aromatic ring is 1. The van der Waals surface area contributed by atoms with Crippen LogP contribution in [0.15, 0.2) is 23.1 Å². The summed E-state index contributed by atoms with van der Waals surface area (Å²) in [6, 6.07) is 6.24. The second-order valence-electron chi connectivity index (χ2n) is 6.22. The Morgan fingerprint density at radius 1 is 1.21 bits per heavy atom. The summed E-state index contributed by atoms with van der Waals surface area (Å²) in [7, 11) is 0.